The molecular weight excluding hydrogens is 350 g/mol. The Bertz CT molecular complexity index is 1110. The second-order valence-electron chi connectivity index (χ2n) is 6.69. The largest absolute Gasteiger partial charge is 0.508 e. The van der Waals surface area contributed by atoms with Crippen molar-refractivity contribution in [2.24, 2.45) is 0 Å². The highest BCUT2D eigenvalue weighted by atomic mass is 32.1. The van der Waals surface area contributed by atoms with Crippen molar-refractivity contribution in [3.05, 3.63) is 58.7 Å². The van der Waals surface area contributed by atoms with Gasteiger partial charge in [-0.1, -0.05) is 5.21 Å². The van der Waals surface area contributed by atoms with Crippen LogP contribution >= 0.6 is 11.3 Å². The number of hydrogen-bond donors (Lipinski definition) is 2. The van der Waals surface area contributed by atoms with Crippen LogP contribution in [0.2, 0.25) is 0 Å². The van der Waals surface area contributed by atoms with Crippen LogP contribution < -0.4 is 0 Å². The first-order chi connectivity index (χ1) is 12.6. The fraction of sp³-hybridized carbons (Fsp3) is 0.278. The van der Waals surface area contributed by atoms with Gasteiger partial charge in [0.1, 0.15) is 28.7 Å². The number of phenols is 1. The number of aromatic nitrogens is 5. The summed E-state index contributed by atoms with van der Waals surface area (Å²) in [5, 5.41) is 29.0. The summed E-state index contributed by atoms with van der Waals surface area (Å²) in [4.78, 5) is 6.43. The first-order valence-corrected chi connectivity index (χ1v) is 9.28. The van der Waals surface area contributed by atoms with Gasteiger partial charge >= 0.3 is 0 Å². The van der Waals surface area contributed by atoms with E-state index in [1.54, 1.807) is 46.7 Å². The fourth-order valence-electron chi connectivity index (χ4n) is 3.28. The van der Waals surface area contributed by atoms with Gasteiger partial charge in [-0.05, 0) is 49.4 Å². The van der Waals surface area contributed by atoms with Crippen molar-refractivity contribution in [1.82, 2.24) is 24.4 Å². The van der Waals surface area contributed by atoms with Crippen molar-refractivity contribution in [3.63, 3.8) is 0 Å². The van der Waals surface area contributed by atoms with Gasteiger partial charge < -0.3 is 10.2 Å². The van der Waals surface area contributed by atoms with E-state index in [4.69, 9.17) is 0 Å². The normalized spacial score (nSPS) is 15.6. The molecule has 0 aliphatic heterocycles. The minimum Gasteiger partial charge on any atom is -0.508 e. The molecule has 8 heteroatoms. The number of rotatable bonds is 4. The van der Waals surface area contributed by atoms with Crippen LogP contribution in [0.5, 0.6) is 5.75 Å². The highest BCUT2D eigenvalue weighted by Crippen LogP contribution is 2.47. The summed E-state index contributed by atoms with van der Waals surface area (Å²) in [5.41, 5.74) is 3.03. The molecule has 1 aliphatic carbocycles. The molecule has 7 nitrogen and oxygen atoms in total. The number of benzene rings is 1. The molecule has 2 N–H and O–H groups in total. The van der Waals surface area contributed by atoms with Gasteiger partial charge in [0.2, 0.25) is 0 Å². The number of phenolic OH excluding ortho intramolecular Hbond substituents is 1. The lowest BCUT2D eigenvalue weighted by molar-refractivity contribution is 0.208. The molecule has 1 aliphatic rings. The minimum absolute atomic E-state index is 0.210. The third-order valence-electron chi connectivity index (χ3n) is 4.76. The van der Waals surface area contributed by atoms with Crippen molar-refractivity contribution in [2.75, 3.05) is 0 Å². The quantitative estimate of drug-likeness (QED) is 0.579. The topological polar surface area (TPSA) is 88.5 Å². The van der Waals surface area contributed by atoms with Gasteiger partial charge in [0.25, 0.3) is 0 Å². The molecule has 4 aromatic rings. The summed E-state index contributed by atoms with van der Waals surface area (Å²) in [5.74, 6) is 0.736. The van der Waals surface area contributed by atoms with Gasteiger partial charge in [-0.3, -0.25) is 4.40 Å². The van der Waals surface area contributed by atoms with Gasteiger partial charge in [-0.25, -0.2) is 9.67 Å². The van der Waals surface area contributed by atoms with E-state index >= 15 is 0 Å². The van der Waals surface area contributed by atoms with E-state index in [2.05, 4.69) is 15.3 Å². The molecular formula is C18H17N5O2S. The van der Waals surface area contributed by atoms with E-state index < -0.39 is 6.10 Å². The SMILES string of the molecule is Cc1cc(O)ccc1-n1cc(C(O)c2c(C3CC3)sc3cncn23)nn1. The summed E-state index contributed by atoms with van der Waals surface area (Å²) in [7, 11) is 0. The maximum atomic E-state index is 11.0. The average Bonchev–Trinajstić information content (AvgIpc) is 3.04. The molecule has 132 valence electrons. The van der Waals surface area contributed by atoms with Gasteiger partial charge in [-0.2, -0.15) is 0 Å². The zero-order chi connectivity index (χ0) is 17.8. The second kappa shape index (κ2) is 5.65. The number of thiazole rings is 1. The zero-order valence-electron chi connectivity index (χ0n) is 14.1. The molecule has 3 aromatic heterocycles. The van der Waals surface area contributed by atoms with Crippen LogP contribution in [0.4, 0.5) is 0 Å². The van der Waals surface area contributed by atoms with Crippen LogP contribution in [0.25, 0.3) is 10.5 Å². The number of aromatic hydroxyl groups is 1. The molecule has 0 spiro atoms. The van der Waals surface area contributed by atoms with E-state index in [1.807, 2.05) is 17.5 Å². The first kappa shape index (κ1) is 15.5. The number of imidazole rings is 1. The zero-order valence-corrected chi connectivity index (χ0v) is 14.9. The third kappa shape index (κ3) is 2.41. The van der Waals surface area contributed by atoms with Gasteiger partial charge in [0.05, 0.1) is 23.8 Å². The smallest absolute Gasteiger partial charge is 0.141 e. The Morgan fingerprint density at radius 1 is 1.31 bits per heavy atom. The summed E-state index contributed by atoms with van der Waals surface area (Å²) in [6.07, 6.45) is 6.77. The van der Waals surface area contributed by atoms with Gasteiger partial charge in [0.15, 0.2) is 0 Å². The molecule has 1 fully saturated rings. The van der Waals surface area contributed by atoms with Crippen LogP contribution in [0.1, 0.15) is 46.7 Å². The first-order valence-electron chi connectivity index (χ1n) is 8.47. The molecule has 1 aromatic carbocycles. The summed E-state index contributed by atoms with van der Waals surface area (Å²) >= 11 is 1.69. The molecule has 0 bridgehead atoms. The Kier molecular flexibility index (Phi) is 3.38. The van der Waals surface area contributed by atoms with Crippen LogP contribution in [0.15, 0.2) is 36.9 Å². The molecule has 3 heterocycles. The van der Waals surface area contributed by atoms with Gasteiger partial charge in [0, 0.05) is 4.88 Å². The van der Waals surface area contributed by atoms with Crippen LogP contribution in [-0.4, -0.2) is 34.6 Å². The number of fused-ring (bicyclic) bond motifs is 1. The van der Waals surface area contributed by atoms with Crippen LogP contribution in [-0.2, 0) is 0 Å². The maximum absolute atomic E-state index is 11.0. The van der Waals surface area contributed by atoms with Crippen molar-refractivity contribution in [3.8, 4) is 11.4 Å². The third-order valence-corrected chi connectivity index (χ3v) is 6.03. The van der Waals surface area contributed by atoms with Crippen molar-refractivity contribution < 1.29 is 10.2 Å². The van der Waals surface area contributed by atoms with E-state index in [0.29, 0.717) is 11.6 Å². The standard InChI is InChI=1S/C18H17N5O2S/c1-10-6-12(24)4-5-14(10)23-8-13(20-21-23)17(25)16-18(11-2-3-11)26-15-7-19-9-22(15)16/h4-9,11,17,24-25H,2-3H2,1H3. The number of aliphatic hydroxyl groups excluding tert-OH is 1. The molecule has 1 saturated carbocycles. The lowest BCUT2D eigenvalue weighted by Gasteiger charge is -2.09. The van der Waals surface area contributed by atoms with Crippen molar-refractivity contribution in [1.29, 1.82) is 0 Å². The molecule has 0 amide bonds. The lowest BCUT2D eigenvalue weighted by Crippen LogP contribution is -2.06. The van der Waals surface area contributed by atoms with E-state index in [-0.39, 0.29) is 5.75 Å². The summed E-state index contributed by atoms with van der Waals surface area (Å²) in [6, 6.07) is 5.06. The van der Waals surface area contributed by atoms with E-state index in [1.165, 1.54) is 4.88 Å². The maximum Gasteiger partial charge on any atom is 0.141 e. The molecule has 0 saturated heterocycles. The highest BCUT2D eigenvalue weighted by molar-refractivity contribution is 7.17. The Morgan fingerprint density at radius 3 is 2.92 bits per heavy atom. The van der Waals surface area contributed by atoms with E-state index in [0.717, 1.165) is 34.6 Å². The van der Waals surface area contributed by atoms with Crippen LogP contribution in [0.3, 0.4) is 0 Å². The Balaban J connectivity index is 1.56. The lowest BCUT2D eigenvalue weighted by atomic mass is 10.1. The van der Waals surface area contributed by atoms with Crippen molar-refractivity contribution >= 4 is 16.2 Å². The monoisotopic (exact) mass is 367 g/mol. The fourth-order valence-corrected chi connectivity index (χ4v) is 4.58. The summed E-state index contributed by atoms with van der Waals surface area (Å²) in [6.45, 7) is 1.89. The van der Waals surface area contributed by atoms with Crippen LogP contribution in [0, 0.1) is 6.92 Å². The number of aryl methyl sites for hydroxylation is 1. The Labute approximate surface area is 153 Å². The number of nitrogens with zero attached hydrogens (tertiary/aromatic N) is 5. The second-order valence-corrected chi connectivity index (χ2v) is 7.75. The highest BCUT2D eigenvalue weighted by Gasteiger charge is 2.33. The molecule has 5 rings (SSSR count). The van der Waals surface area contributed by atoms with Crippen molar-refractivity contribution in [2.45, 2.75) is 31.8 Å². The number of aliphatic hydroxyl groups is 1. The number of hydrogen-bond acceptors (Lipinski definition) is 6. The predicted octanol–water partition coefficient (Wildman–Crippen LogP) is 2.95. The molecule has 1 unspecified atom stereocenters. The summed E-state index contributed by atoms with van der Waals surface area (Å²) < 4.78 is 3.58. The minimum atomic E-state index is -0.861. The molecule has 26 heavy (non-hydrogen) atoms. The Morgan fingerprint density at radius 2 is 2.15 bits per heavy atom. The Hall–Kier alpha value is -2.71. The van der Waals surface area contributed by atoms with E-state index in [9.17, 15) is 10.2 Å². The van der Waals surface area contributed by atoms with Gasteiger partial charge in [-0.15, -0.1) is 16.4 Å². The molecule has 0 radical (unpaired) electrons. The average molecular weight is 367 g/mol. The molecule has 1 atom stereocenters. The predicted molar refractivity (Wildman–Crippen MR) is 96.9 cm³/mol.